The highest BCUT2D eigenvalue weighted by Crippen LogP contribution is 2.17. The summed E-state index contributed by atoms with van der Waals surface area (Å²) in [6.07, 6.45) is 59.3. The van der Waals surface area contributed by atoms with Crippen molar-refractivity contribution in [1.82, 2.24) is 0 Å². The molecule has 1 N–H and O–H groups in total. The lowest BCUT2D eigenvalue weighted by Crippen LogP contribution is -2.40. The van der Waals surface area contributed by atoms with Gasteiger partial charge in [0.1, 0.15) is 13.2 Å². The molecule has 0 saturated carbocycles. The number of carboxylic acid groups (broad SMARTS) is 1. The topological polar surface area (TPSA) is 108 Å². The molecule has 0 saturated heterocycles. The quantitative estimate of drug-likeness (QED) is 0.0211. The van der Waals surface area contributed by atoms with Crippen molar-refractivity contribution in [3.8, 4) is 0 Å². The van der Waals surface area contributed by atoms with Gasteiger partial charge in [0.25, 0.3) is 6.29 Å². The fourth-order valence-electron chi connectivity index (χ4n) is 8.01. The minimum absolute atomic E-state index is 0.179. The van der Waals surface area contributed by atoms with Crippen molar-refractivity contribution in [3.63, 3.8) is 0 Å². The molecule has 2 atom stereocenters. The molecule has 0 bridgehead atoms. The molecular formula is C59H108NO8+. The third-order valence-electron chi connectivity index (χ3n) is 12.3. The van der Waals surface area contributed by atoms with E-state index in [4.69, 9.17) is 18.9 Å². The Kier molecular flexibility index (Phi) is 48.6. The van der Waals surface area contributed by atoms with Gasteiger partial charge < -0.3 is 28.5 Å². The molecule has 68 heavy (non-hydrogen) atoms. The molecule has 0 aliphatic heterocycles. The van der Waals surface area contributed by atoms with E-state index in [1.54, 1.807) is 0 Å². The summed E-state index contributed by atoms with van der Waals surface area (Å²) in [5, 5.41) is 9.67. The maximum absolute atomic E-state index is 12.8. The molecule has 9 heteroatoms. The number of nitrogens with zero attached hydrogens (tertiary/aromatic N) is 1. The van der Waals surface area contributed by atoms with Gasteiger partial charge in [-0.1, -0.05) is 236 Å². The molecule has 0 spiro atoms. The molecule has 396 valence electrons. The van der Waals surface area contributed by atoms with E-state index in [2.05, 4.69) is 62.5 Å². The monoisotopic (exact) mass is 959 g/mol. The van der Waals surface area contributed by atoms with E-state index >= 15 is 0 Å². The van der Waals surface area contributed by atoms with Gasteiger partial charge in [-0.3, -0.25) is 9.59 Å². The van der Waals surface area contributed by atoms with Gasteiger partial charge in [-0.05, 0) is 51.4 Å². The van der Waals surface area contributed by atoms with E-state index in [1.165, 1.54) is 161 Å². The summed E-state index contributed by atoms with van der Waals surface area (Å²) in [6.45, 7) is 4.74. The molecule has 0 radical (unpaired) electrons. The average Bonchev–Trinajstić information content (AvgIpc) is 3.30. The van der Waals surface area contributed by atoms with Crippen molar-refractivity contribution in [2.75, 3.05) is 47.5 Å². The fourth-order valence-corrected chi connectivity index (χ4v) is 8.01. The molecule has 0 amide bonds. The third kappa shape index (κ3) is 51.1. The Morgan fingerprint density at radius 3 is 1.25 bits per heavy atom. The van der Waals surface area contributed by atoms with Crippen LogP contribution in [0.4, 0.5) is 0 Å². The lowest BCUT2D eigenvalue weighted by molar-refractivity contribution is -0.870. The van der Waals surface area contributed by atoms with Gasteiger partial charge in [-0.15, -0.1) is 0 Å². The maximum Gasteiger partial charge on any atom is 0.361 e. The number of carboxylic acids is 1. The van der Waals surface area contributed by atoms with Crippen LogP contribution < -0.4 is 0 Å². The number of carbonyl (C=O) groups is 3. The highest BCUT2D eigenvalue weighted by atomic mass is 16.7. The van der Waals surface area contributed by atoms with Crippen molar-refractivity contribution in [2.45, 2.75) is 264 Å². The number of hydrogen-bond acceptors (Lipinski definition) is 7. The molecule has 0 rings (SSSR count). The zero-order valence-corrected chi connectivity index (χ0v) is 45.0. The lowest BCUT2D eigenvalue weighted by atomic mass is 10.0. The number of unbranched alkanes of at least 4 members (excludes halogenated alkanes) is 29. The molecular weight excluding hydrogens is 851 g/mol. The first-order valence-corrected chi connectivity index (χ1v) is 28.3. The summed E-state index contributed by atoms with van der Waals surface area (Å²) in [5.41, 5.74) is 0. The second kappa shape index (κ2) is 50.6. The van der Waals surface area contributed by atoms with Gasteiger partial charge in [-0.25, -0.2) is 4.79 Å². The van der Waals surface area contributed by atoms with Crippen LogP contribution >= 0.6 is 0 Å². The second-order valence-corrected chi connectivity index (χ2v) is 20.2. The Labute approximate surface area is 419 Å². The number of allylic oxidation sites excluding steroid dienone is 8. The lowest BCUT2D eigenvalue weighted by Gasteiger charge is -2.25. The van der Waals surface area contributed by atoms with Crippen molar-refractivity contribution in [1.29, 1.82) is 0 Å². The van der Waals surface area contributed by atoms with Crippen LogP contribution in [-0.2, 0) is 33.3 Å². The first kappa shape index (κ1) is 65.2. The first-order chi connectivity index (χ1) is 33.1. The predicted octanol–water partition coefficient (Wildman–Crippen LogP) is 16.3. The number of esters is 2. The van der Waals surface area contributed by atoms with Crippen molar-refractivity contribution >= 4 is 17.9 Å². The predicted molar refractivity (Wildman–Crippen MR) is 286 cm³/mol. The van der Waals surface area contributed by atoms with E-state index in [1.807, 2.05) is 21.1 Å². The highest BCUT2D eigenvalue weighted by molar-refractivity contribution is 5.71. The number of quaternary nitrogens is 1. The number of rotatable bonds is 52. The number of ether oxygens (including phenoxy) is 4. The zero-order valence-electron chi connectivity index (χ0n) is 45.0. The zero-order chi connectivity index (χ0) is 49.9. The van der Waals surface area contributed by atoms with E-state index in [0.29, 0.717) is 23.9 Å². The molecule has 2 unspecified atom stereocenters. The summed E-state index contributed by atoms with van der Waals surface area (Å²) >= 11 is 0. The van der Waals surface area contributed by atoms with Crippen LogP contribution in [0.15, 0.2) is 48.6 Å². The normalized spacial score (nSPS) is 13.1. The molecule has 0 aliphatic rings. The van der Waals surface area contributed by atoms with Gasteiger partial charge in [0.2, 0.25) is 0 Å². The summed E-state index contributed by atoms with van der Waals surface area (Å²) in [6, 6.07) is 0. The van der Waals surface area contributed by atoms with Crippen LogP contribution in [0.5, 0.6) is 0 Å². The van der Waals surface area contributed by atoms with Gasteiger partial charge in [-0.2, -0.15) is 0 Å². The Hall–Kier alpha value is -2.75. The number of hydrogen-bond donors (Lipinski definition) is 1. The molecule has 0 fully saturated rings. The molecule has 0 aliphatic carbocycles. The third-order valence-corrected chi connectivity index (χ3v) is 12.3. The second-order valence-electron chi connectivity index (χ2n) is 20.2. The van der Waals surface area contributed by atoms with Gasteiger partial charge >= 0.3 is 17.9 Å². The van der Waals surface area contributed by atoms with Crippen molar-refractivity contribution in [3.05, 3.63) is 48.6 Å². The van der Waals surface area contributed by atoms with Crippen molar-refractivity contribution in [2.24, 2.45) is 0 Å². The Morgan fingerprint density at radius 2 is 0.838 bits per heavy atom. The van der Waals surface area contributed by atoms with E-state index in [-0.39, 0.29) is 32.2 Å². The Morgan fingerprint density at radius 1 is 0.456 bits per heavy atom. The molecule has 0 aromatic carbocycles. The van der Waals surface area contributed by atoms with E-state index in [9.17, 15) is 19.5 Å². The summed E-state index contributed by atoms with van der Waals surface area (Å²) < 4.78 is 22.8. The first-order valence-electron chi connectivity index (χ1n) is 28.3. The number of carbonyl (C=O) groups excluding carboxylic acids is 2. The smallest absolute Gasteiger partial charge is 0.361 e. The Bertz CT molecular complexity index is 1250. The van der Waals surface area contributed by atoms with E-state index < -0.39 is 24.3 Å². The van der Waals surface area contributed by atoms with Crippen LogP contribution in [0.3, 0.4) is 0 Å². The van der Waals surface area contributed by atoms with Crippen molar-refractivity contribution < 1.29 is 42.9 Å². The minimum Gasteiger partial charge on any atom is -0.477 e. The number of likely N-dealkylation sites (N-methyl/N-ethyl adjacent to an activating group) is 1. The van der Waals surface area contributed by atoms with Gasteiger partial charge in [0.05, 0.1) is 34.4 Å². The SMILES string of the molecule is CC/C=C\C/C=C\C/C=C\C/C=C\CCCCC(=O)OC(COC(=O)CCCCCCCCCCCCCCCCCCCCCCCCCCCCCC)COC(OCC[N+](C)(C)C)C(=O)O. The summed E-state index contributed by atoms with van der Waals surface area (Å²) in [5.74, 6) is -2.05. The van der Waals surface area contributed by atoms with E-state index in [0.717, 1.165) is 57.8 Å². The van der Waals surface area contributed by atoms with Crippen LogP contribution in [0, 0.1) is 0 Å². The summed E-state index contributed by atoms with van der Waals surface area (Å²) in [7, 11) is 5.95. The standard InChI is InChI=1S/C59H107NO8/c1-6-8-10-12-14-16-18-20-22-23-24-25-26-27-28-29-30-31-32-33-34-36-37-39-41-43-45-47-49-56(61)66-53-55(54-67-59(58(63)64)65-52-51-60(3,4)5)68-57(62)50-48-46-44-42-40-38-35-21-19-17-15-13-11-9-7-2/h9,11,15,17,21,35,40,42,55,59H,6-8,10,12-14,16,18-20,22-34,36-39,41,43-54H2,1-5H3/p+1/b11-9-,17-15-,35-21-,42-40-. The van der Waals surface area contributed by atoms with Crippen LogP contribution in [0.2, 0.25) is 0 Å². The van der Waals surface area contributed by atoms with Crippen LogP contribution in [0.25, 0.3) is 0 Å². The van der Waals surface area contributed by atoms with Gasteiger partial charge in [0, 0.05) is 12.8 Å². The molecule has 0 heterocycles. The number of aliphatic carboxylic acids is 1. The maximum atomic E-state index is 12.8. The molecule has 9 nitrogen and oxygen atoms in total. The minimum atomic E-state index is -1.52. The molecule has 0 aromatic heterocycles. The fraction of sp³-hybridized carbons (Fsp3) is 0.814. The Balaban J connectivity index is 4.16. The van der Waals surface area contributed by atoms with Crippen LogP contribution in [0.1, 0.15) is 251 Å². The highest BCUT2D eigenvalue weighted by Gasteiger charge is 2.25. The largest absolute Gasteiger partial charge is 0.477 e. The van der Waals surface area contributed by atoms with Crippen LogP contribution in [-0.4, -0.2) is 87.4 Å². The molecule has 0 aromatic rings. The summed E-state index contributed by atoms with van der Waals surface area (Å²) in [4.78, 5) is 37.3. The van der Waals surface area contributed by atoms with Gasteiger partial charge in [0.15, 0.2) is 6.10 Å². The average molecular weight is 960 g/mol.